The standard InChI is InChI=1S/C17H23ClN2O3/c1-11(2)16(21)20-12-5-6-15(18)14(10-12)17(22)19-8-7-13-4-3-9-23-13/h5-6,10-11,13H,3-4,7-9H2,1-2H3,(H,19,22)(H,20,21). The van der Waals surface area contributed by atoms with Crippen LogP contribution in [0.3, 0.4) is 0 Å². The Bertz CT molecular complexity index is 569. The lowest BCUT2D eigenvalue weighted by Crippen LogP contribution is -2.27. The molecule has 1 aliphatic rings. The summed E-state index contributed by atoms with van der Waals surface area (Å²) in [6.45, 7) is 4.97. The highest BCUT2D eigenvalue weighted by Crippen LogP contribution is 2.21. The molecule has 126 valence electrons. The molecule has 2 amide bonds. The highest BCUT2D eigenvalue weighted by molar-refractivity contribution is 6.34. The van der Waals surface area contributed by atoms with E-state index in [0.717, 1.165) is 25.9 Å². The van der Waals surface area contributed by atoms with E-state index in [2.05, 4.69) is 10.6 Å². The number of hydrogen-bond donors (Lipinski definition) is 2. The molecule has 6 heteroatoms. The van der Waals surface area contributed by atoms with E-state index in [1.807, 2.05) is 13.8 Å². The van der Waals surface area contributed by atoms with Gasteiger partial charge in [0.05, 0.1) is 16.7 Å². The number of nitrogens with one attached hydrogen (secondary N) is 2. The lowest BCUT2D eigenvalue weighted by Gasteiger charge is -2.12. The second-order valence-electron chi connectivity index (χ2n) is 6.02. The maximum Gasteiger partial charge on any atom is 0.252 e. The van der Waals surface area contributed by atoms with Gasteiger partial charge in [0.1, 0.15) is 0 Å². The Morgan fingerprint density at radius 2 is 2.17 bits per heavy atom. The molecule has 2 rings (SSSR count). The van der Waals surface area contributed by atoms with Crippen molar-refractivity contribution in [2.24, 2.45) is 5.92 Å². The lowest BCUT2D eigenvalue weighted by molar-refractivity contribution is -0.118. The van der Waals surface area contributed by atoms with E-state index in [-0.39, 0.29) is 23.8 Å². The highest BCUT2D eigenvalue weighted by atomic mass is 35.5. The number of carbonyl (C=O) groups excluding carboxylic acids is 2. The number of anilines is 1. The minimum absolute atomic E-state index is 0.0999. The fraction of sp³-hybridized carbons (Fsp3) is 0.529. The first-order valence-corrected chi connectivity index (χ1v) is 8.35. The van der Waals surface area contributed by atoms with E-state index in [1.54, 1.807) is 18.2 Å². The van der Waals surface area contributed by atoms with Crippen molar-refractivity contribution in [1.82, 2.24) is 5.32 Å². The van der Waals surface area contributed by atoms with E-state index < -0.39 is 0 Å². The monoisotopic (exact) mass is 338 g/mol. The largest absolute Gasteiger partial charge is 0.378 e. The predicted octanol–water partition coefficient (Wildman–Crippen LogP) is 3.23. The normalized spacial score (nSPS) is 17.3. The van der Waals surface area contributed by atoms with Crippen molar-refractivity contribution < 1.29 is 14.3 Å². The minimum atomic E-state index is -0.242. The zero-order valence-corrected chi connectivity index (χ0v) is 14.3. The predicted molar refractivity (Wildman–Crippen MR) is 90.8 cm³/mol. The molecule has 1 saturated heterocycles. The van der Waals surface area contributed by atoms with Crippen LogP contribution in [0.4, 0.5) is 5.69 Å². The molecule has 1 aliphatic heterocycles. The van der Waals surface area contributed by atoms with Gasteiger partial charge in [0, 0.05) is 24.8 Å². The van der Waals surface area contributed by atoms with Gasteiger partial charge >= 0.3 is 0 Å². The number of rotatable bonds is 6. The van der Waals surface area contributed by atoms with E-state index in [9.17, 15) is 9.59 Å². The molecule has 0 radical (unpaired) electrons. The van der Waals surface area contributed by atoms with Gasteiger partial charge in [0.25, 0.3) is 5.91 Å². The number of carbonyl (C=O) groups is 2. The molecule has 23 heavy (non-hydrogen) atoms. The van der Waals surface area contributed by atoms with Crippen molar-refractivity contribution in [2.75, 3.05) is 18.5 Å². The zero-order valence-electron chi connectivity index (χ0n) is 13.5. The minimum Gasteiger partial charge on any atom is -0.378 e. The summed E-state index contributed by atoms with van der Waals surface area (Å²) in [5.41, 5.74) is 0.929. The fourth-order valence-corrected chi connectivity index (χ4v) is 2.58. The summed E-state index contributed by atoms with van der Waals surface area (Å²) in [4.78, 5) is 24.0. The van der Waals surface area contributed by atoms with Crippen LogP contribution in [0.2, 0.25) is 5.02 Å². The van der Waals surface area contributed by atoms with Gasteiger partial charge in [-0.1, -0.05) is 25.4 Å². The average molecular weight is 339 g/mol. The summed E-state index contributed by atoms with van der Waals surface area (Å²) in [5, 5.41) is 5.98. The van der Waals surface area contributed by atoms with Crippen LogP contribution >= 0.6 is 11.6 Å². The Labute approximate surface area is 141 Å². The molecule has 0 aromatic heterocycles. The van der Waals surface area contributed by atoms with Crippen molar-refractivity contribution in [1.29, 1.82) is 0 Å². The highest BCUT2D eigenvalue weighted by Gasteiger charge is 2.17. The topological polar surface area (TPSA) is 67.4 Å². The molecule has 0 spiro atoms. The van der Waals surface area contributed by atoms with Crippen LogP contribution in [0.25, 0.3) is 0 Å². The maximum absolute atomic E-state index is 12.3. The van der Waals surface area contributed by atoms with Gasteiger partial charge in [-0.15, -0.1) is 0 Å². The molecule has 1 unspecified atom stereocenters. The molecule has 0 saturated carbocycles. The van der Waals surface area contributed by atoms with Crippen LogP contribution < -0.4 is 10.6 Å². The lowest BCUT2D eigenvalue weighted by atomic mass is 10.1. The Morgan fingerprint density at radius 3 is 2.83 bits per heavy atom. The van der Waals surface area contributed by atoms with E-state index in [1.165, 1.54) is 0 Å². The van der Waals surface area contributed by atoms with Crippen molar-refractivity contribution in [2.45, 2.75) is 39.2 Å². The van der Waals surface area contributed by atoms with Gasteiger partial charge in [-0.2, -0.15) is 0 Å². The molecular weight excluding hydrogens is 316 g/mol. The number of ether oxygens (including phenoxy) is 1. The third-order valence-corrected chi connectivity index (χ3v) is 4.11. The molecule has 1 heterocycles. The van der Waals surface area contributed by atoms with Crippen LogP contribution in [0.5, 0.6) is 0 Å². The zero-order chi connectivity index (χ0) is 16.8. The second kappa shape index (κ2) is 8.31. The quantitative estimate of drug-likeness (QED) is 0.836. The average Bonchev–Trinajstić information content (AvgIpc) is 3.02. The number of halogens is 1. The van der Waals surface area contributed by atoms with Crippen molar-refractivity contribution in [3.63, 3.8) is 0 Å². The Hall–Kier alpha value is -1.59. The third kappa shape index (κ3) is 5.22. The van der Waals surface area contributed by atoms with Crippen LogP contribution in [0, 0.1) is 5.92 Å². The van der Waals surface area contributed by atoms with Gasteiger partial charge in [-0.25, -0.2) is 0 Å². The summed E-state index contributed by atoms with van der Waals surface area (Å²) in [6, 6.07) is 4.91. The molecule has 1 atom stereocenters. The SMILES string of the molecule is CC(C)C(=O)Nc1ccc(Cl)c(C(=O)NCCC2CCCO2)c1. The molecule has 2 N–H and O–H groups in total. The molecule has 0 aliphatic carbocycles. The van der Waals surface area contributed by atoms with Crippen LogP contribution in [0.15, 0.2) is 18.2 Å². The first-order valence-electron chi connectivity index (χ1n) is 7.97. The smallest absolute Gasteiger partial charge is 0.252 e. The van der Waals surface area contributed by atoms with Crippen molar-refractivity contribution in [3.05, 3.63) is 28.8 Å². The Morgan fingerprint density at radius 1 is 1.39 bits per heavy atom. The van der Waals surface area contributed by atoms with Gasteiger partial charge in [-0.05, 0) is 37.5 Å². The first-order chi connectivity index (χ1) is 11.0. The number of amides is 2. The maximum atomic E-state index is 12.3. The van der Waals surface area contributed by atoms with Gasteiger partial charge in [0.2, 0.25) is 5.91 Å². The van der Waals surface area contributed by atoms with Crippen molar-refractivity contribution in [3.8, 4) is 0 Å². The van der Waals surface area contributed by atoms with E-state index >= 15 is 0 Å². The molecule has 0 bridgehead atoms. The summed E-state index contributed by atoms with van der Waals surface area (Å²) in [7, 11) is 0. The van der Waals surface area contributed by atoms with Crippen LogP contribution in [-0.2, 0) is 9.53 Å². The summed E-state index contributed by atoms with van der Waals surface area (Å²) >= 11 is 6.10. The summed E-state index contributed by atoms with van der Waals surface area (Å²) < 4.78 is 5.52. The molecule has 1 aromatic rings. The molecule has 1 fully saturated rings. The Balaban J connectivity index is 1.93. The van der Waals surface area contributed by atoms with E-state index in [0.29, 0.717) is 22.8 Å². The van der Waals surface area contributed by atoms with Crippen LogP contribution in [0.1, 0.15) is 43.5 Å². The molecular formula is C17H23ClN2O3. The fourth-order valence-electron chi connectivity index (χ4n) is 2.38. The number of benzene rings is 1. The van der Waals surface area contributed by atoms with Gasteiger partial charge in [-0.3, -0.25) is 9.59 Å². The Kier molecular flexibility index (Phi) is 6.42. The van der Waals surface area contributed by atoms with E-state index in [4.69, 9.17) is 16.3 Å². The van der Waals surface area contributed by atoms with Crippen LogP contribution in [-0.4, -0.2) is 31.1 Å². The van der Waals surface area contributed by atoms with Gasteiger partial charge in [0.15, 0.2) is 0 Å². The van der Waals surface area contributed by atoms with Crippen molar-refractivity contribution >= 4 is 29.1 Å². The second-order valence-corrected chi connectivity index (χ2v) is 6.43. The molecule has 5 nitrogen and oxygen atoms in total. The summed E-state index contributed by atoms with van der Waals surface area (Å²) in [5.74, 6) is -0.472. The molecule has 1 aromatic carbocycles. The third-order valence-electron chi connectivity index (χ3n) is 3.78. The first kappa shape index (κ1) is 17.8. The number of hydrogen-bond acceptors (Lipinski definition) is 3. The summed E-state index contributed by atoms with van der Waals surface area (Å²) in [6.07, 6.45) is 3.17. The van der Waals surface area contributed by atoms with Gasteiger partial charge < -0.3 is 15.4 Å².